The molecule has 2 unspecified atom stereocenters. The Morgan fingerprint density at radius 2 is 2.12 bits per heavy atom. The van der Waals surface area contributed by atoms with Crippen molar-refractivity contribution in [2.75, 3.05) is 13.2 Å². The van der Waals surface area contributed by atoms with Crippen LogP contribution in [0.15, 0.2) is 18.2 Å². The maximum Gasteiger partial charge on any atom is 0.126 e. The van der Waals surface area contributed by atoms with Gasteiger partial charge in [-0.3, -0.25) is 4.68 Å². The molecule has 3 rings (SSSR count). The number of hydrogen-bond acceptors (Lipinski definition) is 3. The molecule has 2 heterocycles. The highest BCUT2D eigenvalue weighted by atomic mass is 19.1. The van der Waals surface area contributed by atoms with Crippen LogP contribution >= 0.6 is 0 Å². The predicted octanol–water partition coefficient (Wildman–Crippen LogP) is 3.35. The maximum absolute atomic E-state index is 13.6. The lowest BCUT2D eigenvalue weighted by Crippen LogP contribution is -2.25. The van der Waals surface area contributed by atoms with Crippen LogP contribution in [0.4, 0.5) is 4.39 Å². The molecule has 2 atom stereocenters. The van der Waals surface area contributed by atoms with Crippen LogP contribution in [0.2, 0.25) is 0 Å². The molecule has 0 radical (unpaired) electrons. The maximum atomic E-state index is 13.6. The molecule has 2 aromatic rings. The summed E-state index contributed by atoms with van der Waals surface area (Å²) in [7, 11) is 1.97. The molecule has 1 aromatic heterocycles. The van der Waals surface area contributed by atoms with Crippen LogP contribution in [0.5, 0.6) is 0 Å². The van der Waals surface area contributed by atoms with Crippen molar-refractivity contribution in [1.82, 2.24) is 15.1 Å². The van der Waals surface area contributed by atoms with Gasteiger partial charge < -0.3 is 10.1 Å². The van der Waals surface area contributed by atoms with E-state index in [9.17, 15) is 4.39 Å². The van der Waals surface area contributed by atoms with Crippen LogP contribution in [-0.4, -0.2) is 22.9 Å². The number of aryl methyl sites for hydroxylation is 3. The van der Waals surface area contributed by atoms with Gasteiger partial charge in [-0.25, -0.2) is 4.39 Å². The van der Waals surface area contributed by atoms with Crippen LogP contribution in [0.25, 0.3) is 0 Å². The van der Waals surface area contributed by atoms with E-state index in [-0.39, 0.29) is 11.9 Å². The molecule has 1 saturated heterocycles. The summed E-state index contributed by atoms with van der Waals surface area (Å²) in [6.45, 7) is 8.23. The highest BCUT2D eigenvalue weighted by molar-refractivity contribution is 5.28. The molecule has 1 aromatic carbocycles. The zero-order valence-corrected chi connectivity index (χ0v) is 14.9. The quantitative estimate of drug-likeness (QED) is 0.913. The van der Waals surface area contributed by atoms with Crippen molar-refractivity contribution in [2.45, 2.75) is 39.8 Å². The molecule has 130 valence electrons. The molecule has 0 aliphatic carbocycles. The summed E-state index contributed by atoms with van der Waals surface area (Å²) in [5, 5.41) is 7.97. The molecule has 1 N–H and O–H groups in total. The van der Waals surface area contributed by atoms with E-state index < -0.39 is 0 Å². The Morgan fingerprint density at radius 3 is 2.79 bits per heavy atom. The zero-order valence-electron chi connectivity index (χ0n) is 14.9. The average molecular weight is 331 g/mol. The Bertz CT molecular complexity index is 726. The molecule has 5 heteroatoms. The standard InChI is InChI=1S/C19H26FN3O/c1-12-5-6-15(9-17(12)20)10-21-11-16-7-8-24-19(16)18-13(2)22-23(4)14(18)3/h5-6,9,16,19,21H,7-8,10-11H2,1-4H3. The van der Waals surface area contributed by atoms with E-state index in [0.717, 1.165) is 30.8 Å². The Morgan fingerprint density at radius 1 is 1.33 bits per heavy atom. The number of nitrogens with zero attached hydrogens (tertiary/aromatic N) is 2. The number of rotatable bonds is 5. The first kappa shape index (κ1) is 17.1. The number of ether oxygens (including phenoxy) is 1. The third-order valence-corrected chi connectivity index (χ3v) is 5.04. The minimum atomic E-state index is -0.141. The second kappa shape index (κ2) is 7.03. The van der Waals surface area contributed by atoms with Crippen molar-refractivity contribution in [3.05, 3.63) is 52.1 Å². The molecule has 1 fully saturated rings. The first-order valence-corrected chi connectivity index (χ1v) is 8.54. The topological polar surface area (TPSA) is 39.1 Å². The van der Waals surface area contributed by atoms with Gasteiger partial charge in [-0.1, -0.05) is 12.1 Å². The van der Waals surface area contributed by atoms with E-state index >= 15 is 0 Å². The third-order valence-electron chi connectivity index (χ3n) is 5.04. The number of nitrogens with one attached hydrogen (secondary N) is 1. The highest BCUT2D eigenvalue weighted by Crippen LogP contribution is 2.37. The Hall–Kier alpha value is -1.72. The predicted molar refractivity (Wildman–Crippen MR) is 92.3 cm³/mol. The summed E-state index contributed by atoms with van der Waals surface area (Å²) in [5.74, 6) is 0.278. The lowest BCUT2D eigenvalue weighted by molar-refractivity contribution is 0.0893. The summed E-state index contributed by atoms with van der Waals surface area (Å²) in [5.41, 5.74) is 5.11. The minimum absolute atomic E-state index is 0.0981. The lowest BCUT2D eigenvalue weighted by atomic mass is 9.94. The molecule has 1 aliphatic rings. The van der Waals surface area contributed by atoms with Crippen molar-refractivity contribution in [2.24, 2.45) is 13.0 Å². The molecule has 0 saturated carbocycles. The number of aromatic nitrogens is 2. The largest absolute Gasteiger partial charge is 0.373 e. The van der Waals surface area contributed by atoms with Crippen LogP contribution in [-0.2, 0) is 18.3 Å². The number of halogens is 1. The van der Waals surface area contributed by atoms with Gasteiger partial charge in [0.1, 0.15) is 5.82 Å². The fourth-order valence-corrected chi connectivity index (χ4v) is 3.51. The van der Waals surface area contributed by atoms with Crippen molar-refractivity contribution in [3.8, 4) is 0 Å². The monoisotopic (exact) mass is 331 g/mol. The van der Waals surface area contributed by atoms with Crippen molar-refractivity contribution < 1.29 is 9.13 Å². The van der Waals surface area contributed by atoms with E-state index in [1.54, 1.807) is 13.0 Å². The van der Waals surface area contributed by atoms with Gasteiger partial charge in [0, 0.05) is 43.9 Å². The van der Waals surface area contributed by atoms with Crippen LogP contribution in [0.3, 0.4) is 0 Å². The molecule has 0 spiro atoms. The second-order valence-electron chi connectivity index (χ2n) is 6.76. The van der Waals surface area contributed by atoms with E-state index in [1.165, 1.54) is 11.3 Å². The van der Waals surface area contributed by atoms with Crippen molar-refractivity contribution in [1.29, 1.82) is 0 Å². The summed E-state index contributed by atoms with van der Waals surface area (Å²) in [6, 6.07) is 5.42. The smallest absolute Gasteiger partial charge is 0.126 e. The normalized spacial score (nSPS) is 20.7. The van der Waals surface area contributed by atoms with Gasteiger partial charge in [0.25, 0.3) is 0 Å². The Balaban J connectivity index is 1.63. The molecule has 24 heavy (non-hydrogen) atoms. The number of benzene rings is 1. The molecule has 0 bridgehead atoms. The van der Waals surface area contributed by atoms with Gasteiger partial charge in [-0.2, -0.15) is 5.10 Å². The summed E-state index contributed by atoms with van der Waals surface area (Å²) in [4.78, 5) is 0. The van der Waals surface area contributed by atoms with E-state index in [0.29, 0.717) is 18.0 Å². The van der Waals surface area contributed by atoms with E-state index in [2.05, 4.69) is 17.3 Å². The van der Waals surface area contributed by atoms with Crippen LogP contribution in [0.1, 0.15) is 40.6 Å². The number of hydrogen-bond donors (Lipinski definition) is 1. The Labute approximate surface area is 143 Å². The van der Waals surface area contributed by atoms with Gasteiger partial charge >= 0.3 is 0 Å². The Kier molecular flexibility index (Phi) is 5.01. The first-order chi connectivity index (χ1) is 11.5. The molecular formula is C19H26FN3O. The van der Waals surface area contributed by atoms with Gasteiger partial charge in [0.05, 0.1) is 11.8 Å². The molecule has 1 aliphatic heterocycles. The van der Waals surface area contributed by atoms with Crippen LogP contribution < -0.4 is 5.32 Å². The molecule has 4 nitrogen and oxygen atoms in total. The van der Waals surface area contributed by atoms with Gasteiger partial charge in [-0.15, -0.1) is 0 Å². The average Bonchev–Trinajstić information content (AvgIpc) is 3.08. The van der Waals surface area contributed by atoms with E-state index in [1.807, 2.05) is 30.8 Å². The SMILES string of the molecule is Cc1ccc(CNCC2CCOC2c2c(C)nn(C)c2C)cc1F. The third kappa shape index (κ3) is 3.37. The van der Waals surface area contributed by atoms with Gasteiger partial charge in [0.2, 0.25) is 0 Å². The first-order valence-electron chi connectivity index (χ1n) is 8.54. The fourth-order valence-electron chi connectivity index (χ4n) is 3.51. The lowest BCUT2D eigenvalue weighted by Gasteiger charge is -2.20. The van der Waals surface area contributed by atoms with Crippen molar-refractivity contribution in [3.63, 3.8) is 0 Å². The van der Waals surface area contributed by atoms with Gasteiger partial charge in [0.15, 0.2) is 0 Å². The molecule has 0 amide bonds. The van der Waals surface area contributed by atoms with Gasteiger partial charge in [-0.05, 0) is 44.4 Å². The van der Waals surface area contributed by atoms with E-state index in [4.69, 9.17) is 4.74 Å². The molecular weight excluding hydrogens is 305 g/mol. The summed E-state index contributed by atoms with van der Waals surface area (Å²) >= 11 is 0. The summed E-state index contributed by atoms with van der Waals surface area (Å²) in [6.07, 6.45) is 1.13. The summed E-state index contributed by atoms with van der Waals surface area (Å²) < 4.78 is 21.6. The highest BCUT2D eigenvalue weighted by Gasteiger charge is 2.33. The second-order valence-corrected chi connectivity index (χ2v) is 6.76. The minimum Gasteiger partial charge on any atom is -0.373 e. The van der Waals surface area contributed by atoms with Crippen molar-refractivity contribution >= 4 is 0 Å². The van der Waals surface area contributed by atoms with Crippen LogP contribution in [0, 0.1) is 32.5 Å². The fraction of sp³-hybridized carbons (Fsp3) is 0.526. The zero-order chi connectivity index (χ0) is 17.3.